The SMILES string of the molecule is COc1cc(OC)cc(C(=O)NCc2nnc(SCC(=O)N3N=C(c4cccs4)CC3c3cccc(OC)c3OC)n2-c2ccccc2)c1. The Labute approximate surface area is 291 Å². The van der Waals surface area contributed by atoms with Crippen LogP contribution in [0.1, 0.15) is 39.1 Å². The lowest BCUT2D eigenvalue weighted by atomic mass is 9.99. The Hall–Kier alpha value is -5.34. The number of methoxy groups -OCH3 is 4. The van der Waals surface area contributed by atoms with Gasteiger partial charge in [-0.15, -0.1) is 21.5 Å². The highest BCUT2D eigenvalue weighted by molar-refractivity contribution is 7.99. The Morgan fingerprint density at radius 3 is 2.35 bits per heavy atom. The van der Waals surface area contributed by atoms with Gasteiger partial charge in [-0.05, 0) is 41.8 Å². The predicted molar refractivity (Wildman–Crippen MR) is 187 cm³/mol. The van der Waals surface area contributed by atoms with Crippen molar-refractivity contribution in [1.82, 2.24) is 25.1 Å². The van der Waals surface area contributed by atoms with E-state index < -0.39 is 6.04 Å². The summed E-state index contributed by atoms with van der Waals surface area (Å²) < 4.78 is 23.7. The Kier molecular flexibility index (Phi) is 10.4. The zero-order valence-electron chi connectivity index (χ0n) is 27.3. The summed E-state index contributed by atoms with van der Waals surface area (Å²) in [6, 6.07) is 23.7. The fourth-order valence-electron chi connectivity index (χ4n) is 5.49. The third-order valence-corrected chi connectivity index (χ3v) is 9.66. The molecule has 1 atom stereocenters. The Morgan fingerprint density at radius 1 is 0.898 bits per heavy atom. The highest BCUT2D eigenvalue weighted by Gasteiger charge is 2.36. The maximum atomic E-state index is 14.0. The molecule has 0 saturated heterocycles. The van der Waals surface area contributed by atoms with Crippen molar-refractivity contribution in [3.05, 3.63) is 106 Å². The number of carbonyl (C=O) groups excluding carboxylic acids is 2. The monoisotopic (exact) mass is 698 g/mol. The molecule has 1 unspecified atom stereocenters. The quantitative estimate of drug-likeness (QED) is 0.153. The lowest BCUT2D eigenvalue weighted by Gasteiger charge is -2.24. The van der Waals surface area contributed by atoms with E-state index in [1.807, 2.05) is 70.6 Å². The molecule has 5 aromatic rings. The lowest BCUT2D eigenvalue weighted by Crippen LogP contribution is -2.29. The number of nitrogens with zero attached hydrogens (tertiary/aromatic N) is 5. The molecule has 1 aliphatic heterocycles. The second-order valence-electron chi connectivity index (χ2n) is 10.7. The average Bonchev–Trinajstić information content (AvgIpc) is 3.93. The van der Waals surface area contributed by atoms with Crippen LogP contribution in [-0.2, 0) is 11.3 Å². The fraction of sp³-hybridized carbons (Fsp3) is 0.229. The minimum atomic E-state index is -0.400. The Balaban J connectivity index is 1.25. The van der Waals surface area contributed by atoms with Gasteiger partial charge in [-0.2, -0.15) is 5.10 Å². The summed E-state index contributed by atoms with van der Waals surface area (Å²) in [5.41, 5.74) is 2.78. The van der Waals surface area contributed by atoms with E-state index in [1.165, 1.54) is 31.0 Å². The minimum Gasteiger partial charge on any atom is -0.497 e. The maximum absolute atomic E-state index is 14.0. The topological polar surface area (TPSA) is 129 Å². The molecule has 12 nitrogen and oxygen atoms in total. The van der Waals surface area contributed by atoms with Gasteiger partial charge < -0.3 is 24.3 Å². The van der Waals surface area contributed by atoms with Gasteiger partial charge in [-0.3, -0.25) is 14.2 Å². The van der Waals surface area contributed by atoms with E-state index in [9.17, 15) is 9.59 Å². The van der Waals surface area contributed by atoms with Crippen molar-refractivity contribution in [3.63, 3.8) is 0 Å². The smallest absolute Gasteiger partial charge is 0.253 e. The van der Waals surface area contributed by atoms with Crippen molar-refractivity contribution in [2.24, 2.45) is 5.10 Å². The molecule has 3 heterocycles. The number of para-hydroxylation sites is 2. The molecule has 49 heavy (non-hydrogen) atoms. The molecular weight excluding hydrogens is 665 g/mol. The molecule has 0 radical (unpaired) electrons. The summed E-state index contributed by atoms with van der Waals surface area (Å²) in [6.45, 7) is 0.0764. The molecule has 0 saturated carbocycles. The third kappa shape index (κ3) is 7.25. The van der Waals surface area contributed by atoms with Crippen LogP contribution < -0.4 is 24.3 Å². The number of hydrogen-bond acceptors (Lipinski definition) is 11. The number of thioether (sulfide) groups is 1. The Morgan fingerprint density at radius 2 is 1.67 bits per heavy atom. The first kappa shape index (κ1) is 33.6. The van der Waals surface area contributed by atoms with Gasteiger partial charge in [0.25, 0.3) is 11.8 Å². The molecule has 0 aliphatic carbocycles. The van der Waals surface area contributed by atoms with Crippen molar-refractivity contribution in [1.29, 1.82) is 0 Å². The van der Waals surface area contributed by atoms with Crippen LogP contribution in [0.3, 0.4) is 0 Å². The summed E-state index contributed by atoms with van der Waals surface area (Å²) in [6.07, 6.45) is 0.518. The number of aromatic nitrogens is 3. The summed E-state index contributed by atoms with van der Waals surface area (Å²) in [7, 11) is 6.22. The fourth-order valence-corrected chi connectivity index (χ4v) is 7.03. The summed E-state index contributed by atoms with van der Waals surface area (Å²) >= 11 is 2.82. The van der Waals surface area contributed by atoms with E-state index in [2.05, 4.69) is 15.5 Å². The van der Waals surface area contributed by atoms with Crippen LogP contribution in [-0.4, -0.2) is 71.5 Å². The second-order valence-corrected chi connectivity index (χ2v) is 12.6. The number of rotatable bonds is 13. The molecule has 1 aliphatic rings. The van der Waals surface area contributed by atoms with Gasteiger partial charge in [0.2, 0.25) is 0 Å². The number of amides is 2. The van der Waals surface area contributed by atoms with Gasteiger partial charge in [0.1, 0.15) is 11.5 Å². The van der Waals surface area contributed by atoms with E-state index in [0.29, 0.717) is 46.0 Å². The molecule has 6 rings (SSSR count). The molecule has 0 bridgehead atoms. The molecular formula is C35H34N6O6S2. The first-order valence-electron chi connectivity index (χ1n) is 15.2. The van der Waals surface area contributed by atoms with Crippen molar-refractivity contribution in [3.8, 4) is 28.7 Å². The number of benzene rings is 3. The van der Waals surface area contributed by atoms with Crippen LogP contribution in [0.2, 0.25) is 0 Å². The van der Waals surface area contributed by atoms with Gasteiger partial charge >= 0.3 is 0 Å². The second kappa shape index (κ2) is 15.3. The number of hydrogen-bond donors (Lipinski definition) is 1. The zero-order chi connectivity index (χ0) is 34.3. The molecule has 0 fully saturated rings. The summed E-state index contributed by atoms with van der Waals surface area (Å²) in [4.78, 5) is 28.1. The van der Waals surface area contributed by atoms with E-state index in [1.54, 1.807) is 43.8 Å². The van der Waals surface area contributed by atoms with Crippen molar-refractivity contribution in [2.45, 2.75) is 24.2 Å². The number of thiophene rings is 1. The molecule has 1 N–H and O–H groups in total. The van der Waals surface area contributed by atoms with E-state index in [-0.39, 0.29) is 24.1 Å². The van der Waals surface area contributed by atoms with Gasteiger partial charge in [0, 0.05) is 29.3 Å². The standard InChI is InChI=1S/C35H34N6O6S2/c1-44-24-16-22(17-25(18-24)45-2)34(43)36-20-31-37-38-35(40(31)23-10-6-5-7-11-23)49-21-32(42)41-28(19-27(39-41)30-14-9-15-48-30)26-12-8-13-29(46-3)33(26)47-4/h5-18,28H,19-21H2,1-4H3,(H,36,43). The van der Waals surface area contributed by atoms with Crippen LogP contribution in [0.5, 0.6) is 23.0 Å². The van der Waals surface area contributed by atoms with Crippen molar-refractivity contribution >= 4 is 40.6 Å². The lowest BCUT2D eigenvalue weighted by molar-refractivity contribution is -0.130. The van der Waals surface area contributed by atoms with Crippen LogP contribution in [0.25, 0.3) is 5.69 Å². The number of nitrogens with one attached hydrogen (secondary N) is 1. The molecule has 14 heteroatoms. The molecule has 3 aromatic carbocycles. The molecule has 252 valence electrons. The van der Waals surface area contributed by atoms with Gasteiger partial charge in [-0.25, -0.2) is 5.01 Å². The highest BCUT2D eigenvalue weighted by Crippen LogP contribution is 2.42. The molecule has 2 aromatic heterocycles. The largest absolute Gasteiger partial charge is 0.497 e. The van der Waals surface area contributed by atoms with Crippen LogP contribution in [0, 0.1) is 0 Å². The zero-order valence-corrected chi connectivity index (χ0v) is 28.9. The number of ether oxygens (including phenoxy) is 4. The molecule has 0 spiro atoms. The van der Waals surface area contributed by atoms with E-state index in [4.69, 9.17) is 24.0 Å². The number of hydrazone groups is 1. The van der Waals surface area contributed by atoms with Crippen LogP contribution in [0.4, 0.5) is 0 Å². The first-order valence-corrected chi connectivity index (χ1v) is 17.1. The van der Waals surface area contributed by atoms with Crippen molar-refractivity contribution in [2.75, 3.05) is 34.2 Å². The summed E-state index contributed by atoms with van der Waals surface area (Å²) in [5, 5.41) is 20.6. The predicted octanol–water partition coefficient (Wildman–Crippen LogP) is 5.76. The van der Waals surface area contributed by atoms with Crippen LogP contribution in [0.15, 0.2) is 94.5 Å². The van der Waals surface area contributed by atoms with E-state index >= 15 is 0 Å². The van der Waals surface area contributed by atoms with E-state index in [0.717, 1.165) is 21.8 Å². The van der Waals surface area contributed by atoms with Crippen LogP contribution >= 0.6 is 23.1 Å². The average molecular weight is 699 g/mol. The Bertz CT molecular complexity index is 1940. The first-order chi connectivity index (χ1) is 23.9. The summed E-state index contributed by atoms with van der Waals surface area (Å²) in [5.74, 6) is 2.10. The minimum absolute atomic E-state index is 0.0327. The van der Waals surface area contributed by atoms with Gasteiger partial charge in [0.05, 0.1) is 57.4 Å². The normalized spacial score (nSPS) is 13.9. The maximum Gasteiger partial charge on any atom is 0.253 e. The van der Waals surface area contributed by atoms with Gasteiger partial charge in [-0.1, -0.05) is 48.2 Å². The molecule has 2 amide bonds. The highest BCUT2D eigenvalue weighted by atomic mass is 32.2. The third-order valence-electron chi connectivity index (χ3n) is 7.82. The van der Waals surface area contributed by atoms with Gasteiger partial charge in [0.15, 0.2) is 22.5 Å². The number of carbonyl (C=O) groups is 2. The van der Waals surface area contributed by atoms with Crippen molar-refractivity contribution < 1.29 is 28.5 Å².